The molecule has 0 aliphatic carbocycles. The molecule has 2 aromatic carbocycles. The van der Waals surface area contributed by atoms with Crippen molar-refractivity contribution in [2.75, 3.05) is 0 Å². The van der Waals surface area contributed by atoms with Gasteiger partial charge in [-0.25, -0.2) is 4.79 Å². The molecule has 6 heteroatoms. The van der Waals surface area contributed by atoms with E-state index in [1.54, 1.807) is 36.4 Å². The third-order valence-electron chi connectivity index (χ3n) is 2.92. The Morgan fingerprint density at radius 2 is 2.00 bits per heavy atom. The molecule has 1 aromatic heterocycles. The van der Waals surface area contributed by atoms with Crippen LogP contribution in [-0.4, -0.2) is 15.2 Å². The van der Waals surface area contributed by atoms with Gasteiger partial charge in [-0.2, -0.15) is 0 Å². The van der Waals surface area contributed by atoms with Gasteiger partial charge in [0.15, 0.2) is 17.3 Å². The normalized spacial score (nSPS) is 10.5. The smallest absolute Gasteiger partial charge is 0.439 e. The molecular formula is C15H12N2O4. The molecule has 0 spiro atoms. The zero-order valence-corrected chi connectivity index (χ0v) is 11.2. The van der Waals surface area contributed by atoms with E-state index in [-0.39, 0.29) is 11.6 Å². The van der Waals surface area contributed by atoms with E-state index in [9.17, 15) is 9.90 Å². The second-order valence-electron chi connectivity index (χ2n) is 4.51. The first-order valence-electron chi connectivity index (χ1n) is 6.26. The van der Waals surface area contributed by atoms with Crippen LogP contribution in [0, 0.1) is 6.92 Å². The molecule has 0 bridgehead atoms. The Balaban J connectivity index is 2.01. The molecule has 106 valence electrons. The highest BCUT2D eigenvalue weighted by Gasteiger charge is 2.12. The number of nitrogens with zero attached hydrogens (tertiary/aromatic N) is 1. The minimum atomic E-state index is -0.641. The first-order chi connectivity index (χ1) is 10.1. The number of H-pyrrole nitrogens is 1. The van der Waals surface area contributed by atoms with Crippen molar-refractivity contribution >= 4 is 0 Å². The maximum absolute atomic E-state index is 11.1. The fourth-order valence-corrected chi connectivity index (χ4v) is 1.93. The second-order valence-corrected chi connectivity index (χ2v) is 4.51. The van der Waals surface area contributed by atoms with Crippen LogP contribution in [0.4, 0.5) is 0 Å². The van der Waals surface area contributed by atoms with E-state index in [0.29, 0.717) is 17.1 Å². The van der Waals surface area contributed by atoms with E-state index < -0.39 is 5.76 Å². The fourth-order valence-electron chi connectivity index (χ4n) is 1.93. The fraction of sp³-hybridized carbons (Fsp3) is 0.0667. The molecule has 6 nitrogen and oxygen atoms in total. The van der Waals surface area contributed by atoms with E-state index >= 15 is 0 Å². The van der Waals surface area contributed by atoms with E-state index in [1.165, 1.54) is 0 Å². The van der Waals surface area contributed by atoms with Crippen LogP contribution in [0.15, 0.2) is 51.8 Å². The van der Waals surface area contributed by atoms with Crippen molar-refractivity contribution in [2.45, 2.75) is 6.92 Å². The van der Waals surface area contributed by atoms with Gasteiger partial charge in [-0.1, -0.05) is 23.4 Å². The summed E-state index contributed by atoms with van der Waals surface area (Å²) in [5, 5.41) is 13.5. The minimum Gasteiger partial charge on any atom is -0.504 e. The van der Waals surface area contributed by atoms with Crippen molar-refractivity contribution in [3.05, 3.63) is 58.6 Å². The predicted octanol–water partition coefficient (Wildman–Crippen LogP) is 2.84. The van der Waals surface area contributed by atoms with Crippen LogP contribution in [0.2, 0.25) is 0 Å². The molecule has 0 saturated heterocycles. The predicted molar refractivity (Wildman–Crippen MR) is 75.5 cm³/mol. The van der Waals surface area contributed by atoms with Gasteiger partial charge in [0.2, 0.25) is 0 Å². The van der Waals surface area contributed by atoms with Crippen LogP contribution in [0.3, 0.4) is 0 Å². The number of phenols is 1. The van der Waals surface area contributed by atoms with Gasteiger partial charge >= 0.3 is 5.76 Å². The molecular weight excluding hydrogens is 272 g/mol. The van der Waals surface area contributed by atoms with Gasteiger partial charge in [-0.3, -0.25) is 9.51 Å². The minimum absolute atomic E-state index is 0.0402. The van der Waals surface area contributed by atoms with Crippen LogP contribution in [0.25, 0.3) is 11.4 Å². The summed E-state index contributed by atoms with van der Waals surface area (Å²) in [7, 11) is 0. The van der Waals surface area contributed by atoms with E-state index in [0.717, 1.165) is 5.56 Å². The summed E-state index contributed by atoms with van der Waals surface area (Å²) in [6.07, 6.45) is 0. The lowest BCUT2D eigenvalue weighted by Gasteiger charge is -2.10. The molecule has 1 heterocycles. The van der Waals surface area contributed by atoms with Gasteiger partial charge in [0, 0.05) is 0 Å². The third kappa shape index (κ3) is 2.64. The summed E-state index contributed by atoms with van der Waals surface area (Å²) in [6, 6.07) is 12.1. The number of hydrogen-bond donors (Lipinski definition) is 2. The summed E-state index contributed by atoms with van der Waals surface area (Å²) in [4.78, 5) is 13.5. The van der Waals surface area contributed by atoms with Crippen molar-refractivity contribution < 1.29 is 14.4 Å². The molecule has 3 aromatic rings. The molecule has 0 aliphatic heterocycles. The van der Waals surface area contributed by atoms with Gasteiger partial charge in [0.05, 0.1) is 5.56 Å². The highest BCUT2D eigenvalue weighted by atomic mass is 16.5. The average Bonchev–Trinajstić information content (AvgIpc) is 2.89. The van der Waals surface area contributed by atoms with Crippen LogP contribution in [0.1, 0.15) is 5.56 Å². The van der Waals surface area contributed by atoms with Crippen molar-refractivity contribution in [1.82, 2.24) is 10.1 Å². The Morgan fingerprint density at radius 3 is 2.71 bits per heavy atom. The summed E-state index contributed by atoms with van der Waals surface area (Å²) in [6.45, 7) is 1.87. The first-order valence-corrected chi connectivity index (χ1v) is 6.26. The lowest BCUT2D eigenvalue weighted by Crippen LogP contribution is -1.96. The maximum atomic E-state index is 11.1. The van der Waals surface area contributed by atoms with E-state index in [1.807, 2.05) is 13.0 Å². The lowest BCUT2D eigenvalue weighted by molar-refractivity contribution is 0.387. The summed E-state index contributed by atoms with van der Waals surface area (Å²) >= 11 is 0. The number of aryl methyl sites for hydroxylation is 1. The number of phenolic OH excluding ortho intramolecular Hbond substituents is 1. The molecule has 21 heavy (non-hydrogen) atoms. The Bertz CT molecular complexity index is 835. The summed E-state index contributed by atoms with van der Waals surface area (Å²) in [5.74, 6) is 0.429. The number of para-hydroxylation sites is 1. The van der Waals surface area contributed by atoms with Crippen LogP contribution in [-0.2, 0) is 0 Å². The SMILES string of the molecule is Cc1ccc(Oc2ccccc2-c2noc(=O)[nH]2)c(O)c1. The van der Waals surface area contributed by atoms with Crippen LogP contribution >= 0.6 is 0 Å². The summed E-state index contributed by atoms with van der Waals surface area (Å²) in [5.41, 5.74) is 1.48. The number of aromatic hydroxyl groups is 1. The number of aromatic amines is 1. The molecule has 0 unspecified atom stereocenters. The van der Waals surface area contributed by atoms with E-state index in [2.05, 4.69) is 14.7 Å². The topological polar surface area (TPSA) is 88.4 Å². The molecule has 0 aliphatic rings. The van der Waals surface area contributed by atoms with Crippen molar-refractivity contribution in [2.24, 2.45) is 0 Å². The Kier molecular flexibility index (Phi) is 3.19. The average molecular weight is 284 g/mol. The lowest BCUT2D eigenvalue weighted by atomic mass is 10.2. The Morgan fingerprint density at radius 1 is 1.19 bits per heavy atom. The van der Waals surface area contributed by atoms with Crippen LogP contribution < -0.4 is 10.5 Å². The third-order valence-corrected chi connectivity index (χ3v) is 2.92. The standard InChI is InChI=1S/C15H12N2O4/c1-9-6-7-13(11(18)8-9)20-12-5-3-2-4-10(12)14-16-15(19)21-17-14/h2-8,18H,1H3,(H,16,17,19). The molecule has 0 fully saturated rings. The molecule has 0 amide bonds. The van der Waals surface area contributed by atoms with Crippen LogP contribution in [0.5, 0.6) is 17.2 Å². The van der Waals surface area contributed by atoms with Gasteiger partial charge in [0.1, 0.15) is 5.75 Å². The quantitative estimate of drug-likeness (QED) is 0.772. The number of rotatable bonds is 3. The number of nitrogens with one attached hydrogen (secondary N) is 1. The van der Waals surface area contributed by atoms with E-state index in [4.69, 9.17) is 4.74 Å². The first kappa shape index (κ1) is 13.0. The van der Waals surface area contributed by atoms with Crippen molar-refractivity contribution in [3.63, 3.8) is 0 Å². The van der Waals surface area contributed by atoms with Gasteiger partial charge in [-0.15, -0.1) is 0 Å². The number of hydrogen-bond acceptors (Lipinski definition) is 5. The molecule has 0 radical (unpaired) electrons. The largest absolute Gasteiger partial charge is 0.504 e. The second kappa shape index (κ2) is 5.16. The molecule has 3 rings (SSSR count). The highest BCUT2D eigenvalue weighted by Crippen LogP contribution is 2.35. The van der Waals surface area contributed by atoms with Gasteiger partial charge < -0.3 is 9.84 Å². The molecule has 0 atom stereocenters. The highest BCUT2D eigenvalue weighted by molar-refractivity contribution is 5.64. The van der Waals surface area contributed by atoms with Gasteiger partial charge in [0.25, 0.3) is 0 Å². The zero-order valence-electron chi connectivity index (χ0n) is 11.2. The van der Waals surface area contributed by atoms with Crippen molar-refractivity contribution in [3.8, 4) is 28.6 Å². The molecule has 0 saturated carbocycles. The van der Waals surface area contributed by atoms with Crippen molar-refractivity contribution in [1.29, 1.82) is 0 Å². The number of benzene rings is 2. The Labute approximate surface area is 119 Å². The van der Waals surface area contributed by atoms with Gasteiger partial charge in [-0.05, 0) is 36.8 Å². The molecule has 2 N–H and O–H groups in total. The number of ether oxygens (including phenoxy) is 1. The number of aromatic nitrogens is 2. The summed E-state index contributed by atoms with van der Waals surface area (Å²) < 4.78 is 10.2. The zero-order chi connectivity index (χ0) is 14.8. The maximum Gasteiger partial charge on any atom is 0.439 e. The monoisotopic (exact) mass is 284 g/mol. The Hall–Kier alpha value is -3.02.